The fourth-order valence-electron chi connectivity index (χ4n) is 0.970. The lowest BCUT2D eigenvalue weighted by Crippen LogP contribution is -1.84. The van der Waals surface area contributed by atoms with Gasteiger partial charge in [-0.1, -0.05) is 17.4 Å². The van der Waals surface area contributed by atoms with E-state index < -0.39 is 16.9 Å². The summed E-state index contributed by atoms with van der Waals surface area (Å²) in [5, 5.41) is 0. The van der Waals surface area contributed by atoms with Crippen molar-refractivity contribution in [1.82, 2.24) is 4.98 Å². The largest absolute Gasteiger partial charge is 0.300 e. The van der Waals surface area contributed by atoms with E-state index in [2.05, 4.69) is 4.98 Å². The van der Waals surface area contributed by atoms with Gasteiger partial charge in [0.15, 0.2) is 0 Å². The maximum Gasteiger partial charge on any atom is 0.216 e. The van der Waals surface area contributed by atoms with Gasteiger partial charge in [-0.2, -0.15) is 0 Å². The van der Waals surface area contributed by atoms with Crippen LogP contribution in [-0.4, -0.2) is 13.7 Å². The van der Waals surface area contributed by atoms with Gasteiger partial charge in [-0.3, -0.25) is 0 Å². The molecule has 1 unspecified atom stereocenters. The topological polar surface area (TPSA) is 50.2 Å². The van der Waals surface area contributed by atoms with Crippen molar-refractivity contribution in [3.8, 4) is 0 Å². The number of aromatic nitrogens is 1. The first-order valence-electron chi connectivity index (χ1n) is 3.34. The average molecular weight is 217 g/mol. The summed E-state index contributed by atoms with van der Waals surface area (Å²) in [6.45, 7) is 0. The van der Waals surface area contributed by atoms with E-state index in [9.17, 15) is 8.60 Å². The Hall–Kier alpha value is -0.850. The van der Waals surface area contributed by atoms with Crippen molar-refractivity contribution in [3.05, 3.63) is 24.0 Å². The lowest BCUT2D eigenvalue weighted by Gasteiger charge is -1.86. The normalized spacial score (nSPS) is 13.4. The molecule has 2 aromatic rings. The summed E-state index contributed by atoms with van der Waals surface area (Å²) in [4.78, 5) is 3.80. The molecule has 0 amide bonds. The van der Waals surface area contributed by atoms with Crippen LogP contribution in [0.4, 0.5) is 4.39 Å². The summed E-state index contributed by atoms with van der Waals surface area (Å²) < 4.78 is 32.7. The van der Waals surface area contributed by atoms with Gasteiger partial charge in [0, 0.05) is 0 Å². The van der Waals surface area contributed by atoms with Crippen LogP contribution in [0, 0.1) is 5.82 Å². The summed E-state index contributed by atoms with van der Waals surface area (Å²) in [7, 11) is 0. The first-order valence-corrected chi connectivity index (χ1v) is 5.27. The molecule has 2 rings (SSSR count). The molecular weight excluding hydrogens is 213 g/mol. The molecule has 0 aliphatic rings. The number of rotatable bonds is 1. The molecule has 0 saturated heterocycles. The van der Waals surface area contributed by atoms with Crippen molar-refractivity contribution in [3.63, 3.8) is 0 Å². The molecule has 1 aromatic carbocycles. The molecule has 0 bridgehead atoms. The van der Waals surface area contributed by atoms with Crippen molar-refractivity contribution in [2.75, 3.05) is 0 Å². The van der Waals surface area contributed by atoms with Crippen molar-refractivity contribution < 1.29 is 13.2 Å². The Morgan fingerprint density at radius 3 is 2.92 bits per heavy atom. The zero-order valence-electron chi connectivity index (χ0n) is 6.23. The lowest BCUT2D eigenvalue weighted by atomic mass is 10.3. The molecule has 1 aromatic heterocycles. The molecule has 3 nitrogen and oxygen atoms in total. The Balaban J connectivity index is 2.75. The first kappa shape index (κ1) is 8.74. The summed E-state index contributed by atoms with van der Waals surface area (Å²) in [5.74, 6) is -0.410. The van der Waals surface area contributed by atoms with Crippen molar-refractivity contribution >= 4 is 32.6 Å². The first-order chi connectivity index (χ1) is 6.18. The van der Waals surface area contributed by atoms with Crippen LogP contribution in [0.5, 0.6) is 0 Å². The van der Waals surface area contributed by atoms with Crippen molar-refractivity contribution in [2.45, 2.75) is 4.34 Å². The van der Waals surface area contributed by atoms with Gasteiger partial charge in [0.1, 0.15) is 5.82 Å². The van der Waals surface area contributed by atoms with Crippen LogP contribution in [0.25, 0.3) is 10.2 Å². The second-order valence-electron chi connectivity index (χ2n) is 2.32. The molecule has 0 saturated carbocycles. The molecule has 0 radical (unpaired) electrons. The summed E-state index contributed by atoms with van der Waals surface area (Å²) in [6, 6.07) is 4.41. The third kappa shape index (κ3) is 1.48. The molecule has 1 heterocycles. The predicted molar refractivity (Wildman–Crippen MR) is 48.6 cm³/mol. The van der Waals surface area contributed by atoms with Gasteiger partial charge in [-0.15, -0.1) is 0 Å². The van der Waals surface area contributed by atoms with E-state index in [-0.39, 0.29) is 4.34 Å². The van der Waals surface area contributed by atoms with Crippen LogP contribution in [0.1, 0.15) is 0 Å². The molecule has 0 spiro atoms. The van der Waals surface area contributed by atoms with Crippen molar-refractivity contribution in [1.29, 1.82) is 0 Å². The molecular formula is C7H4FNO2S2. The Morgan fingerprint density at radius 2 is 2.31 bits per heavy atom. The third-order valence-corrected chi connectivity index (χ3v) is 3.44. The lowest BCUT2D eigenvalue weighted by molar-refractivity contribution is 0.564. The highest BCUT2D eigenvalue weighted by Gasteiger charge is 2.10. The molecule has 13 heavy (non-hydrogen) atoms. The van der Waals surface area contributed by atoms with E-state index >= 15 is 0 Å². The van der Waals surface area contributed by atoms with Gasteiger partial charge in [0.2, 0.25) is 15.4 Å². The van der Waals surface area contributed by atoms with Gasteiger partial charge in [0.25, 0.3) is 0 Å². The zero-order chi connectivity index (χ0) is 9.42. The molecule has 1 N–H and O–H groups in total. The fourth-order valence-corrected chi connectivity index (χ4v) is 2.38. The number of hydrogen-bond acceptors (Lipinski definition) is 3. The monoisotopic (exact) mass is 217 g/mol. The fraction of sp³-hybridized carbons (Fsp3) is 0. The van der Waals surface area contributed by atoms with E-state index in [0.717, 1.165) is 11.3 Å². The zero-order valence-corrected chi connectivity index (χ0v) is 7.86. The molecule has 6 heteroatoms. The minimum absolute atomic E-state index is 0.0279. The highest BCUT2D eigenvalue weighted by atomic mass is 32.2. The number of halogens is 1. The minimum Gasteiger partial charge on any atom is -0.300 e. The van der Waals surface area contributed by atoms with E-state index in [0.29, 0.717) is 10.2 Å². The number of hydrogen-bond donors (Lipinski definition) is 1. The van der Waals surface area contributed by atoms with Crippen molar-refractivity contribution in [2.24, 2.45) is 0 Å². The van der Waals surface area contributed by atoms with Gasteiger partial charge in [-0.25, -0.2) is 13.6 Å². The molecule has 0 fully saturated rings. The van der Waals surface area contributed by atoms with Gasteiger partial charge < -0.3 is 4.55 Å². The quantitative estimate of drug-likeness (QED) is 0.743. The van der Waals surface area contributed by atoms with Crippen LogP contribution in [0.15, 0.2) is 22.5 Å². The van der Waals surface area contributed by atoms with E-state index in [1.54, 1.807) is 6.07 Å². The maximum atomic E-state index is 13.1. The Labute approximate surface area is 79.5 Å². The highest BCUT2D eigenvalue weighted by molar-refractivity contribution is 7.81. The highest BCUT2D eigenvalue weighted by Crippen LogP contribution is 2.25. The standard InChI is InChI=1S/C7H4FNO2S2/c8-4-2-1-3-5-6(4)12-7(9-5)13(10)11/h1-3H,(H,10,11). The van der Waals surface area contributed by atoms with Crippen LogP contribution >= 0.6 is 11.3 Å². The molecule has 0 aliphatic carbocycles. The van der Waals surface area contributed by atoms with Crippen LogP contribution in [0.2, 0.25) is 0 Å². The number of fused-ring (bicyclic) bond motifs is 1. The minimum atomic E-state index is -2.13. The number of nitrogens with zero attached hydrogens (tertiary/aromatic N) is 1. The molecule has 68 valence electrons. The van der Waals surface area contributed by atoms with Gasteiger partial charge in [-0.05, 0) is 12.1 Å². The number of thiazole rings is 1. The van der Waals surface area contributed by atoms with E-state index in [4.69, 9.17) is 4.55 Å². The second kappa shape index (κ2) is 3.13. The Kier molecular flexibility index (Phi) is 2.10. The van der Waals surface area contributed by atoms with Crippen LogP contribution < -0.4 is 0 Å². The summed E-state index contributed by atoms with van der Waals surface area (Å²) in [5.41, 5.74) is 0.419. The van der Waals surface area contributed by atoms with E-state index in [1.807, 2.05) is 0 Å². The number of benzene rings is 1. The van der Waals surface area contributed by atoms with Crippen LogP contribution in [0.3, 0.4) is 0 Å². The Morgan fingerprint density at radius 1 is 1.54 bits per heavy atom. The van der Waals surface area contributed by atoms with Crippen LogP contribution in [-0.2, 0) is 11.1 Å². The third-order valence-electron chi connectivity index (χ3n) is 1.50. The second-order valence-corrected chi connectivity index (χ2v) is 4.46. The molecule has 0 aliphatic heterocycles. The Bertz CT molecular complexity index is 482. The molecule has 1 atom stereocenters. The van der Waals surface area contributed by atoms with Gasteiger partial charge >= 0.3 is 0 Å². The maximum absolute atomic E-state index is 13.1. The summed E-state index contributed by atoms with van der Waals surface area (Å²) in [6.07, 6.45) is 0. The van der Waals surface area contributed by atoms with E-state index in [1.165, 1.54) is 12.1 Å². The smallest absolute Gasteiger partial charge is 0.216 e. The van der Waals surface area contributed by atoms with Gasteiger partial charge in [0.05, 0.1) is 10.2 Å². The average Bonchev–Trinajstić information content (AvgIpc) is 2.49. The predicted octanol–water partition coefficient (Wildman–Crippen LogP) is 2.02. The SMILES string of the molecule is O=S(O)c1nc2cccc(F)c2s1. The summed E-state index contributed by atoms with van der Waals surface area (Å²) >= 11 is -1.23.